The molecule has 2 rings (SSSR count). The van der Waals surface area contributed by atoms with Crippen molar-refractivity contribution in [2.45, 2.75) is 13.0 Å². The van der Waals surface area contributed by atoms with E-state index in [-0.39, 0.29) is 17.6 Å². The summed E-state index contributed by atoms with van der Waals surface area (Å²) in [5.41, 5.74) is 0.691. The van der Waals surface area contributed by atoms with Gasteiger partial charge in [0.2, 0.25) is 0 Å². The molecule has 18 heavy (non-hydrogen) atoms. The highest BCUT2D eigenvalue weighted by molar-refractivity contribution is 5.96. The van der Waals surface area contributed by atoms with E-state index in [0.29, 0.717) is 25.3 Å². The monoisotopic (exact) mass is 249 g/mol. The molecule has 0 aliphatic carbocycles. The largest absolute Gasteiger partial charge is 0.478 e. The minimum atomic E-state index is -0.992. The number of carbonyl (C=O) groups is 2. The van der Waals surface area contributed by atoms with Crippen LogP contribution in [0.2, 0.25) is 0 Å². The van der Waals surface area contributed by atoms with Gasteiger partial charge in [0.25, 0.3) is 5.91 Å². The van der Waals surface area contributed by atoms with Gasteiger partial charge in [-0.2, -0.15) is 0 Å². The van der Waals surface area contributed by atoms with Gasteiger partial charge < -0.3 is 14.7 Å². The van der Waals surface area contributed by atoms with Crippen LogP contribution in [0.3, 0.4) is 0 Å². The number of morpholine rings is 1. The Morgan fingerprint density at radius 2 is 1.89 bits per heavy atom. The average molecular weight is 249 g/mol. The van der Waals surface area contributed by atoms with Crippen molar-refractivity contribution in [3.8, 4) is 0 Å². The molecule has 5 nitrogen and oxygen atoms in total. The van der Waals surface area contributed by atoms with Gasteiger partial charge in [-0.05, 0) is 31.2 Å². The van der Waals surface area contributed by atoms with E-state index < -0.39 is 5.97 Å². The molecule has 1 aliphatic rings. The summed E-state index contributed by atoms with van der Waals surface area (Å²) in [4.78, 5) is 24.6. The summed E-state index contributed by atoms with van der Waals surface area (Å²) in [6, 6.07) is 5.98. The first-order valence-corrected chi connectivity index (χ1v) is 5.82. The van der Waals surface area contributed by atoms with E-state index in [9.17, 15) is 9.59 Å². The fourth-order valence-electron chi connectivity index (χ4n) is 1.94. The average Bonchev–Trinajstić information content (AvgIpc) is 2.38. The maximum Gasteiger partial charge on any atom is 0.335 e. The lowest BCUT2D eigenvalue weighted by atomic mass is 10.1. The van der Waals surface area contributed by atoms with Crippen molar-refractivity contribution < 1.29 is 19.4 Å². The molecule has 0 saturated carbocycles. The molecule has 0 aromatic heterocycles. The number of amides is 1. The van der Waals surface area contributed by atoms with Crippen LogP contribution in [0.25, 0.3) is 0 Å². The Balaban J connectivity index is 2.10. The molecule has 1 aliphatic heterocycles. The van der Waals surface area contributed by atoms with Crippen LogP contribution in [0.15, 0.2) is 24.3 Å². The first-order valence-electron chi connectivity index (χ1n) is 5.82. The SMILES string of the molecule is C[C@H]1CN(C(=O)c2ccc(C(=O)O)cc2)CCO1. The molecule has 1 amide bonds. The summed E-state index contributed by atoms with van der Waals surface area (Å²) in [7, 11) is 0. The molecule has 1 N–H and O–H groups in total. The second-order valence-electron chi connectivity index (χ2n) is 4.32. The van der Waals surface area contributed by atoms with Crippen LogP contribution in [-0.2, 0) is 4.74 Å². The molecule has 0 bridgehead atoms. The minimum absolute atomic E-state index is 0.0426. The molecule has 1 aromatic carbocycles. The van der Waals surface area contributed by atoms with Crippen LogP contribution in [0, 0.1) is 0 Å². The van der Waals surface area contributed by atoms with E-state index >= 15 is 0 Å². The summed E-state index contributed by atoms with van der Waals surface area (Å²) < 4.78 is 5.37. The highest BCUT2D eigenvalue weighted by Gasteiger charge is 2.22. The fraction of sp³-hybridized carbons (Fsp3) is 0.385. The molecule has 0 radical (unpaired) electrons. The van der Waals surface area contributed by atoms with Crippen molar-refractivity contribution in [1.29, 1.82) is 0 Å². The van der Waals surface area contributed by atoms with Crippen LogP contribution in [-0.4, -0.2) is 47.7 Å². The maximum absolute atomic E-state index is 12.1. The van der Waals surface area contributed by atoms with E-state index in [1.54, 1.807) is 17.0 Å². The van der Waals surface area contributed by atoms with Crippen molar-refractivity contribution >= 4 is 11.9 Å². The van der Waals surface area contributed by atoms with E-state index in [0.717, 1.165) is 0 Å². The van der Waals surface area contributed by atoms with Gasteiger partial charge in [0.1, 0.15) is 0 Å². The number of ether oxygens (including phenoxy) is 1. The highest BCUT2D eigenvalue weighted by Crippen LogP contribution is 2.11. The van der Waals surface area contributed by atoms with Gasteiger partial charge >= 0.3 is 5.97 Å². The second-order valence-corrected chi connectivity index (χ2v) is 4.32. The van der Waals surface area contributed by atoms with Gasteiger partial charge in [0, 0.05) is 18.7 Å². The van der Waals surface area contributed by atoms with E-state index in [4.69, 9.17) is 9.84 Å². The molecule has 1 heterocycles. The lowest BCUT2D eigenvalue weighted by Gasteiger charge is -2.31. The van der Waals surface area contributed by atoms with Gasteiger partial charge in [-0.25, -0.2) is 4.79 Å². The Bertz CT molecular complexity index is 455. The number of rotatable bonds is 2. The summed E-state index contributed by atoms with van der Waals surface area (Å²) in [6.07, 6.45) is 0.0426. The molecule has 1 atom stereocenters. The summed E-state index contributed by atoms with van der Waals surface area (Å²) >= 11 is 0. The molecule has 1 saturated heterocycles. The lowest BCUT2D eigenvalue weighted by molar-refractivity contribution is -0.0124. The number of carboxylic acids is 1. The third-order valence-corrected chi connectivity index (χ3v) is 2.91. The smallest absolute Gasteiger partial charge is 0.335 e. The standard InChI is InChI=1S/C13H15NO4/c1-9-8-14(6-7-18-9)12(15)10-2-4-11(5-3-10)13(16)17/h2-5,9H,6-8H2,1H3,(H,16,17)/t9-/m0/s1. The van der Waals surface area contributed by atoms with Crippen molar-refractivity contribution in [2.24, 2.45) is 0 Å². The third-order valence-electron chi connectivity index (χ3n) is 2.91. The van der Waals surface area contributed by atoms with Crippen LogP contribution in [0.1, 0.15) is 27.6 Å². The quantitative estimate of drug-likeness (QED) is 0.856. The van der Waals surface area contributed by atoms with Gasteiger partial charge in [0.05, 0.1) is 18.3 Å². The van der Waals surface area contributed by atoms with E-state index in [1.807, 2.05) is 6.92 Å². The molecule has 0 unspecified atom stereocenters. The second kappa shape index (κ2) is 5.18. The Labute approximate surface area is 105 Å². The fourth-order valence-corrected chi connectivity index (χ4v) is 1.94. The van der Waals surface area contributed by atoms with Crippen molar-refractivity contribution in [3.63, 3.8) is 0 Å². The summed E-state index contributed by atoms with van der Waals surface area (Å²) in [5, 5.41) is 8.79. The number of carbonyl (C=O) groups excluding carboxylic acids is 1. The molecular formula is C13H15NO4. The molecule has 0 spiro atoms. The van der Waals surface area contributed by atoms with Crippen LogP contribution in [0.5, 0.6) is 0 Å². The number of carboxylic acid groups (broad SMARTS) is 1. The third kappa shape index (κ3) is 2.68. The number of benzene rings is 1. The minimum Gasteiger partial charge on any atom is -0.478 e. The maximum atomic E-state index is 12.1. The van der Waals surface area contributed by atoms with Gasteiger partial charge in [0.15, 0.2) is 0 Å². The predicted octanol–water partition coefficient (Wildman–Crippen LogP) is 1.25. The van der Waals surface area contributed by atoms with Crippen LogP contribution in [0.4, 0.5) is 0 Å². The van der Waals surface area contributed by atoms with Crippen molar-refractivity contribution in [2.75, 3.05) is 19.7 Å². The number of aromatic carboxylic acids is 1. The normalized spacial score (nSPS) is 19.6. The zero-order valence-electron chi connectivity index (χ0n) is 10.1. The topological polar surface area (TPSA) is 66.8 Å². The number of nitrogens with zero attached hydrogens (tertiary/aromatic N) is 1. The molecule has 1 fully saturated rings. The van der Waals surface area contributed by atoms with Crippen LogP contribution >= 0.6 is 0 Å². The summed E-state index contributed by atoms with van der Waals surface area (Å²) in [5.74, 6) is -1.07. The Morgan fingerprint density at radius 1 is 1.28 bits per heavy atom. The zero-order chi connectivity index (χ0) is 13.1. The summed E-state index contributed by atoms with van der Waals surface area (Å²) in [6.45, 7) is 3.61. The highest BCUT2D eigenvalue weighted by atomic mass is 16.5. The Kier molecular flexibility index (Phi) is 3.62. The number of hydrogen-bond acceptors (Lipinski definition) is 3. The van der Waals surface area contributed by atoms with Crippen molar-refractivity contribution in [1.82, 2.24) is 4.90 Å². The van der Waals surface area contributed by atoms with Crippen molar-refractivity contribution in [3.05, 3.63) is 35.4 Å². The number of hydrogen-bond donors (Lipinski definition) is 1. The molecule has 96 valence electrons. The van der Waals surface area contributed by atoms with Gasteiger partial charge in [-0.3, -0.25) is 4.79 Å². The molecule has 5 heteroatoms. The zero-order valence-corrected chi connectivity index (χ0v) is 10.1. The van der Waals surface area contributed by atoms with E-state index in [1.165, 1.54) is 12.1 Å². The Morgan fingerprint density at radius 3 is 2.44 bits per heavy atom. The first kappa shape index (κ1) is 12.6. The Hall–Kier alpha value is -1.88. The van der Waals surface area contributed by atoms with Gasteiger partial charge in [-0.15, -0.1) is 0 Å². The predicted molar refractivity (Wildman–Crippen MR) is 64.7 cm³/mol. The van der Waals surface area contributed by atoms with Crippen LogP contribution < -0.4 is 0 Å². The van der Waals surface area contributed by atoms with E-state index in [2.05, 4.69) is 0 Å². The lowest BCUT2D eigenvalue weighted by Crippen LogP contribution is -2.44. The first-order chi connectivity index (χ1) is 8.58. The molecule has 1 aromatic rings. The van der Waals surface area contributed by atoms with Gasteiger partial charge in [-0.1, -0.05) is 0 Å². The molecular weight excluding hydrogens is 234 g/mol.